The Hall–Kier alpha value is -2.01. The molecule has 1 aliphatic carbocycles. The second-order valence-corrected chi connectivity index (χ2v) is 7.89. The molecule has 1 aliphatic heterocycles. The van der Waals surface area contributed by atoms with Crippen LogP contribution in [0, 0.1) is 5.92 Å². The number of hydrogen-bond acceptors (Lipinski definition) is 3. The molecule has 1 amide bonds. The summed E-state index contributed by atoms with van der Waals surface area (Å²) in [5, 5.41) is 0. The summed E-state index contributed by atoms with van der Waals surface area (Å²) in [6.07, 6.45) is 4.00. The van der Waals surface area contributed by atoms with Gasteiger partial charge in [-0.1, -0.05) is 46.3 Å². The van der Waals surface area contributed by atoms with Crippen LogP contribution in [0.15, 0.2) is 46.9 Å². The normalized spacial score (nSPS) is 19.0. The maximum absolute atomic E-state index is 13.1. The highest BCUT2D eigenvalue weighted by Crippen LogP contribution is 2.47. The van der Waals surface area contributed by atoms with E-state index in [2.05, 4.69) is 22.0 Å². The number of nitrogens with zero attached hydrogens (tertiary/aromatic N) is 1. The van der Waals surface area contributed by atoms with Gasteiger partial charge in [0, 0.05) is 10.5 Å². The summed E-state index contributed by atoms with van der Waals surface area (Å²) in [4.78, 5) is 14.9. The lowest BCUT2D eigenvalue weighted by Crippen LogP contribution is -2.45. The van der Waals surface area contributed by atoms with Gasteiger partial charge in [-0.05, 0) is 54.9 Å². The number of carbonyl (C=O) groups is 1. The first-order valence-electron chi connectivity index (χ1n) is 9.03. The molecule has 26 heavy (non-hydrogen) atoms. The fourth-order valence-electron chi connectivity index (χ4n) is 3.79. The summed E-state index contributed by atoms with van der Waals surface area (Å²) in [7, 11) is 1.65. The van der Waals surface area contributed by atoms with Crippen molar-refractivity contribution in [3.63, 3.8) is 0 Å². The highest BCUT2D eigenvalue weighted by atomic mass is 79.9. The molecule has 1 atom stereocenters. The average molecular weight is 416 g/mol. The van der Waals surface area contributed by atoms with Crippen LogP contribution in [-0.4, -0.2) is 19.2 Å². The number of anilines is 1. The van der Waals surface area contributed by atoms with E-state index < -0.39 is 0 Å². The van der Waals surface area contributed by atoms with Gasteiger partial charge in [-0.3, -0.25) is 4.90 Å². The highest BCUT2D eigenvalue weighted by Gasteiger charge is 2.43. The van der Waals surface area contributed by atoms with Gasteiger partial charge in [-0.15, -0.1) is 0 Å². The summed E-state index contributed by atoms with van der Waals surface area (Å²) in [5.74, 6) is 1.29. The minimum atomic E-state index is -0.285. The van der Waals surface area contributed by atoms with Crippen LogP contribution in [0.3, 0.4) is 0 Å². The number of halogens is 1. The molecular weight excluding hydrogens is 394 g/mol. The largest absolute Gasteiger partial charge is 0.495 e. The first-order valence-corrected chi connectivity index (χ1v) is 9.83. The van der Waals surface area contributed by atoms with E-state index in [0.29, 0.717) is 5.92 Å². The Bertz CT molecular complexity index is 787. The lowest BCUT2D eigenvalue weighted by molar-refractivity contribution is 0.142. The third-order valence-corrected chi connectivity index (χ3v) is 5.65. The third-order valence-electron chi connectivity index (χ3n) is 5.19. The zero-order valence-corrected chi connectivity index (χ0v) is 16.4. The van der Waals surface area contributed by atoms with Crippen molar-refractivity contribution in [1.82, 2.24) is 0 Å². The molecule has 5 heteroatoms. The number of carbonyl (C=O) groups excluding carboxylic acids is 1. The Balaban J connectivity index is 1.64. The Labute approximate surface area is 162 Å². The molecule has 1 heterocycles. The smallest absolute Gasteiger partial charge is 0.415 e. The first kappa shape index (κ1) is 17.4. The lowest BCUT2D eigenvalue weighted by atomic mass is 9.93. The third kappa shape index (κ3) is 3.45. The number of amides is 1. The van der Waals surface area contributed by atoms with Gasteiger partial charge in [-0.2, -0.15) is 0 Å². The Morgan fingerprint density at radius 1 is 1.19 bits per heavy atom. The molecule has 1 saturated carbocycles. The number of rotatable bonds is 4. The summed E-state index contributed by atoms with van der Waals surface area (Å²) in [5.41, 5.74) is 2.99. The van der Waals surface area contributed by atoms with Gasteiger partial charge < -0.3 is 9.47 Å². The van der Waals surface area contributed by atoms with Crippen molar-refractivity contribution in [2.75, 3.05) is 12.0 Å². The van der Waals surface area contributed by atoms with Crippen LogP contribution in [0.4, 0.5) is 10.5 Å². The molecule has 0 N–H and O–H groups in total. The maximum atomic E-state index is 13.1. The molecule has 1 unspecified atom stereocenters. The van der Waals surface area contributed by atoms with Crippen LogP contribution >= 0.6 is 15.9 Å². The Morgan fingerprint density at radius 2 is 1.96 bits per heavy atom. The van der Waals surface area contributed by atoms with E-state index in [1.54, 1.807) is 7.11 Å². The summed E-state index contributed by atoms with van der Waals surface area (Å²) >= 11 is 3.54. The second-order valence-electron chi connectivity index (χ2n) is 6.97. The number of benzene rings is 2. The predicted molar refractivity (Wildman–Crippen MR) is 105 cm³/mol. The van der Waals surface area contributed by atoms with Crippen LogP contribution in [0.5, 0.6) is 5.75 Å². The van der Waals surface area contributed by atoms with Gasteiger partial charge in [0.25, 0.3) is 0 Å². The van der Waals surface area contributed by atoms with Crippen molar-refractivity contribution in [3.05, 3.63) is 58.1 Å². The number of fused-ring (bicyclic) bond motifs is 1. The molecule has 136 valence electrons. The van der Waals surface area contributed by atoms with Crippen LogP contribution in [-0.2, 0) is 17.8 Å². The fraction of sp³-hybridized carbons (Fsp3) is 0.381. The van der Waals surface area contributed by atoms with Gasteiger partial charge in [0.2, 0.25) is 0 Å². The fourth-order valence-corrected chi connectivity index (χ4v) is 4.27. The van der Waals surface area contributed by atoms with Gasteiger partial charge in [0.1, 0.15) is 12.4 Å². The van der Waals surface area contributed by atoms with E-state index in [-0.39, 0.29) is 18.7 Å². The van der Waals surface area contributed by atoms with Gasteiger partial charge >= 0.3 is 6.09 Å². The number of aryl methyl sites for hydroxylation is 1. The van der Waals surface area contributed by atoms with E-state index >= 15 is 0 Å². The summed E-state index contributed by atoms with van der Waals surface area (Å²) in [6, 6.07) is 14.0. The molecule has 2 aliphatic rings. The standard InChI is InChI=1S/C21H22BrNO3/c1-25-19-12-17(22)11-16-9-10-18(15-7-8-15)23(20(16)19)21(24)26-13-14-5-3-2-4-6-14/h2-6,11-12,15,18H,7-10,13H2,1H3. The highest BCUT2D eigenvalue weighted by molar-refractivity contribution is 9.10. The van der Waals surface area contributed by atoms with Crippen LogP contribution in [0.25, 0.3) is 0 Å². The monoisotopic (exact) mass is 415 g/mol. The molecule has 0 aromatic heterocycles. The topological polar surface area (TPSA) is 38.8 Å². The van der Waals surface area contributed by atoms with Crippen molar-refractivity contribution in [1.29, 1.82) is 0 Å². The van der Waals surface area contributed by atoms with Gasteiger partial charge in [0.05, 0.1) is 12.8 Å². The molecule has 4 nitrogen and oxygen atoms in total. The zero-order valence-electron chi connectivity index (χ0n) is 14.8. The molecule has 2 aromatic carbocycles. The molecular formula is C21H22BrNO3. The summed E-state index contributed by atoms with van der Waals surface area (Å²) < 4.78 is 12.3. The lowest BCUT2D eigenvalue weighted by Gasteiger charge is -2.37. The SMILES string of the molecule is COc1cc(Br)cc2c1N(C(=O)OCc1ccccc1)C(C1CC1)CC2. The molecule has 0 saturated heterocycles. The minimum Gasteiger partial charge on any atom is -0.495 e. The number of hydrogen-bond donors (Lipinski definition) is 0. The average Bonchev–Trinajstić information content (AvgIpc) is 3.50. The molecule has 1 fully saturated rings. The van der Waals surface area contributed by atoms with E-state index in [1.807, 2.05) is 41.3 Å². The van der Waals surface area contributed by atoms with Crippen LogP contribution in [0.2, 0.25) is 0 Å². The Kier molecular flexibility index (Phi) is 4.90. The van der Waals surface area contributed by atoms with Gasteiger partial charge in [-0.25, -0.2) is 4.79 Å². The minimum absolute atomic E-state index is 0.195. The quantitative estimate of drug-likeness (QED) is 0.677. The summed E-state index contributed by atoms with van der Waals surface area (Å²) in [6.45, 7) is 0.280. The van der Waals surface area contributed by atoms with Crippen molar-refractivity contribution in [2.45, 2.75) is 38.3 Å². The zero-order chi connectivity index (χ0) is 18.1. The molecule has 0 spiro atoms. The van der Waals surface area contributed by atoms with Crippen LogP contribution < -0.4 is 9.64 Å². The molecule has 2 aromatic rings. The number of methoxy groups -OCH3 is 1. The van der Waals surface area contributed by atoms with Crippen LogP contribution in [0.1, 0.15) is 30.4 Å². The molecule has 0 bridgehead atoms. The van der Waals surface area contributed by atoms with E-state index in [4.69, 9.17) is 9.47 Å². The molecule has 0 radical (unpaired) electrons. The van der Waals surface area contributed by atoms with E-state index in [1.165, 1.54) is 12.8 Å². The van der Waals surface area contributed by atoms with Crippen molar-refractivity contribution in [2.24, 2.45) is 5.92 Å². The number of ether oxygens (including phenoxy) is 2. The molecule has 4 rings (SSSR count). The van der Waals surface area contributed by atoms with Crippen molar-refractivity contribution in [3.8, 4) is 5.75 Å². The van der Waals surface area contributed by atoms with Crippen molar-refractivity contribution < 1.29 is 14.3 Å². The predicted octanol–water partition coefficient (Wildman–Crippen LogP) is 5.33. The van der Waals surface area contributed by atoms with E-state index in [0.717, 1.165) is 39.9 Å². The first-order chi connectivity index (χ1) is 12.7. The second kappa shape index (κ2) is 7.31. The van der Waals surface area contributed by atoms with Crippen molar-refractivity contribution >= 4 is 27.7 Å². The Morgan fingerprint density at radius 3 is 2.65 bits per heavy atom. The maximum Gasteiger partial charge on any atom is 0.415 e. The van der Waals surface area contributed by atoms with Gasteiger partial charge in [0.15, 0.2) is 0 Å². The van der Waals surface area contributed by atoms with E-state index in [9.17, 15) is 4.79 Å².